The molecule has 0 aliphatic carbocycles. The van der Waals surface area contributed by atoms with E-state index in [4.69, 9.17) is 11.6 Å². The summed E-state index contributed by atoms with van der Waals surface area (Å²) >= 11 is 5.90. The van der Waals surface area contributed by atoms with Gasteiger partial charge in [0.05, 0.1) is 6.04 Å². The molecular weight excluding hydrogens is 236 g/mol. The van der Waals surface area contributed by atoms with Crippen LogP contribution in [0, 0.1) is 5.92 Å². The Morgan fingerprint density at radius 1 is 1.35 bits per heavy atom. The SMILES string of the molecule is CC(C)CNC(=O)N[C@H](C)c1cccc(Cl)c1. The molecule has 0 radical (unpaired) electrons. The molecule has 3 nitrogen and oxygen atoms in total. The maximum Gasteiger partial charge on any atom is 0.315 e. The van der Waals surface area contributed by atoms with Gasteiger partial charge in [-0.1, -0.05) is 37.6 Å². The van der Waals surface area contributed by atoms with Crippen molar-refractivity contribution in [2.75, 3.05) is 6.54 Å². The second kappa shape index (κ2) is 6.50. The Morgan fingerprint density at radius 3 is 2.65 bits per heavy atom. The molecule has 94 valence electrons. The van der Waals surface area contributed by atoms with Crippen LogP contribution in [0.1, 0.15) is 32.4 Å². The van der Waals surface area contributed by atoms with Crippen LogP contribution in [0.2, 0.25) is 5.02 Å². The third kappa shape index (κ3) is 5.09. The van der Waals surface area contributed by atoms with Crippen LogP contribution in [0.4, 0.5) is 4.79 Å². The maximum atomic E-state index is 11.6. The molecule has 0 unspecified atom stereocenters. The van der Waals surface area contributed by atoms with Crippen molar-refractivity contribution in [2.24, 2.45) is 5.92 Å². The second-order valence-electron chi connectivity index (χ2n) is 4.52. The van der Waals surface area contributed by atoms with Crippen molar-refractivity contribution in [1.82, 2.24) is 10.6 Å². The standard InChI is InChI=1S/C13H19ClN2O/c1-9(2)8-15-13(17)16-10(3)11-5-4-6-12(14)7-11/h4-7,9-10H,8H2,1-3H3,(H2,15,16,17)/t10-/m1/s1. The first-order valence-corrected chi connectivity index (χ1v) is 6.16. The molecule has 0 saturated carbocycles. The molecule has 2 N–H and O–H groups in total. The molecule has 1 aromatic carbocycles. The lowest BCUT2D eigenvalue weighted by atomic mass is 10.1. The highest BCUT2D eigenvalue weighted by atomic mass is 35.5. The Balaban J connectivity index is 2.48. The molecule has 0 aliphatic rings. The fraction of sp³-hybridized carbons (Fsp3) is 0.462. The molecule has 0 fully saturated rings. The lowest BCUT2D eigenvalue weighted by Crippen LogP contribution is -2.38. The van der Waals surface area contributed by atoms with Gasteiger partial charge in [-0.05, 0) is 30.5 Å². The normalized spacial score (nSPS) is 12.3. The van der Waals surface area contributed by atoms with E-state index in [-0.39, 0.29) is 12.1 Å². The zero-order chi connectivity index (χ0) is 12.8. The van der Waals surface area contributed by atoms with Gasteiger partial charge in [0.1, 0.15) is 0 Å². The summed E-state index contributed by atoms with van der Waals surface area (Å²) in [4.78, 5) is 11.6. The Morgan fingerprint density at radius 2 is 2.06 bits per heavy atom. The van der Waals surface area contributed by atoms with E-state index >= 15 is 0 Å². The largest absolute Gasteiger partial charge is 0.338 e. The number of halogens is 1. The molecule has 0 spiro atoms. The van der Waals surface area contributed by atoms with Crippen LogP contribution < -0.4 is 10.6 Å². The predicted molar refractivity (Wildman–Crippen MR) is 71.2 cm³/mol. The highest BCUT2D eigenvalue weighted by Gasteiger charge is 2.09. The molecule has 1 atom stereocenters. The van der Waals surface area contributed by atoms with Gasteiger partial charge in [0.25, 0.3) is 0 Å². The van der Waals surface area contributed by atoms with E-state index in [9.17, 15) is 4.79 Å². The van der Waals surface area contributed by atoms with E-state index in [0.717, 1.165) is 5.56 Å². The zero-order valence-corrected chi connectivity index (χ0v) is 11.2. The third-order valence-electron chi connectivity index (χ3n) is 2.37. The van der Waals surface area contributed by atoms with Crippen LogP contribution in [0.25, 0.3) is 0 Å². The lowest BCUT2D eigenvalue weighted by molar-refractivity contribution is 0.236. The minimum Gasteiger partial charge on any atom is -0.338 e. The Kier molecular flexibility index (Phi) is 5.29. The van der Waals surface area contributed by atoms with E-state index in [1.807, 2.05) is 31.2 Å². The van der Waals surface area contributed by atoms with Crippen LogP contribution in [0.3, 0.4) is 0 Å². The Labute approximate surface area is 108 Å². The summed E-state index contributed by atoms with van der Waals surface area (Å²) in [7, 11) is 0. The van der Waals surface area contributed by atoms with E-state index in [0.29, 0.717) is 17.5 Å². The number of carbonyl (C=O) groups is 1. The van der Waals surface area contributed by atoms with Gasteiger partial charge >= 0.3 is 6.03 Å². The summed E-state index contributed by atoms with van der Waals surface area (Å²) < 4.78 is 0. The van der Waals surface area contributed by atoms with Crippen molar-refractivity contribution in [3.63, 3.8) is 0 Å². The first-order chi connectivity index (χ1) is 7.99. The number of urea groups is 1. The van der Waals surface area contributed by atoms with Crippen molar-refractivity contribution >= 4 is 17.6 Å². The van der Waals surface area contributed by atoms with Gasteiger partial charge in [-0.2, -0.15) is 0 Å². The topological polar surface area (TPSA) is 41.1 Å². The van der Waals surface area contributed by atoms with Gasteiger partial charge in [0, 0.05) is 11.6 Å². The molecule has 4 heteroatoms. The number of amides is 2. The predicted octanol–water partition coefficient (Wildman–Crippen LogP) is 3.36. The van der Waals surface area contributed by atoms with Crippen LogP contribution in [-0.2, 0) is 0 Å². The fourth-order valence-electron chi connectivity index (χ4n) is 1.40. The molecule has 1 rings (SSSR count). The molecule has 17 heavy (non-hydrogen) atoms. The first-order valence-electron chi connectivity index (χ1n) is 5.79. The summed E-state index contributed by atoms with van der Waals surface area (Å²) in [5.41, 5.74) is 0.997. The van der Waals surface area contributed by atoms with Crippen molar-refractivity contribution in [2.45, 2.75) is 26.8 Å². The van der Waals surface area contributed by atoms with E-state index in [1.54, 1.807) is 0 Å². The summed E-state index contributed by atoms with van der Waals surface area (Å²) in [5.74, 6) is 0.447. The Bertz CT molecular complexity index is 379. The quantitative estimate of drug-likeness (QED) is 0.850. The average Bonchev–Trinajstić information content (AvgIpc) is 2.26. The number of hydrogen-bond acceptors (Lipinski definition) is 1. The molecule has 1 aromatic rings. The van der Waals surface area contributed by atoms with Crippen molar-refractivity contribution in [3.8, 4) is 0 Å². The van der Waals surface area contributed by atoms with Gasteiger partial charge in [-0.15, -0.1) is 0 Å². The summed E-state index contributed by atoms with van der Waals surface area (Å²) in [6.07, 6.45) is 0. The lowest BCUT2D eigenvalue weighted by Gasteiger charge is -2.16. The van der Waals surface area contributed by atoms with Gasteiger partial charge in [0.2, 0.25) is 0 Å². The molecule has 0 bridgehead atoms. The monoisotopic (exact) mass is 254 g/mol. The van der Waals surface area contributed by atoms with Gasteiger partial charge in [-0.3, -0.25) is 0 Å². The van der Waals surface area contributed by atoms with Crippen molar-refractivity contribution in [3.05, 3.63) is 34.9 Å². The highest BCUT2D eigenvalue weighted by molar-refractivity contribution is 6.30. The van der Waals surface area contributed by atoms with Crippen molar-refractivity contribution < 1.29 is 4.79 Å². The Hall–Kier alpha value is -1.22. The van der Waals surface area contributed by atoms with Gasteiger partial charge in [-0.25, -0.2) is 4.79 Å². The zero-order valence-electron chi connectivity index (χ0n) is 10.5. The van der Waals surface area contributed by atoms with Crippen LogP contribution >= 0.6 is 11.6 Å². The van der Waals surface area contributed by atoms with Gasteiger partial charge < -0.3 is 10.6 Å². The molecule has 2 amide bonds. The van der Waals surface area contributed by atoms with Gasteiger partial charge in [0.15, 0.2) is 0 Å². The van der Waals surface area contributed by atoms with Crippen molar-refractivity contribution in [1.29, 1.82) is 0 Å². The maximum absolute atomic E-state index is 11.6. The number of benzene rings is 1. The van der Waals surface area contributed by atoms with E-state index in [1.165, 1.54) is 0 Å². The number of nitrogens with one attached hydrogen (secondary N) is 2. The van der Waals surface area contributed by atoms with Crippen LogP contribution in [0.5, 0.6) is 0 Å². The third-order valence-corrected chi connectivity index (χ3v) is 2.60. The molecule has 0 aliphatic heterocycles. The molecule has 0 saturated heterocycles. The first kappa shape index (κ1) is 13.8. The van der Waals surface area contributed by atoms with E-state index < -0.39 is 0 Å². The average molecular weight is 255 g/mol. The highest BCUT2D eigenvalue weighted by Crippen LogP contribution is 2.16. The van der Waals surface area contributed by atoms with E-state index in [2.05, 4.69) is 24.5 Å². The van der Waals surface area contributed by atoms with Crippen LogP contribution in [-0.4, -0.2) is 12.6 Å². The molecule has 0 aromatic heterocycles. The molecular formula is C13H19ClN2O. The number of hydrogen-bond donors (Lipinski definition) is 2. The second-order valence-corrected chi connectivity index (χ2v) is 4.96. The minimum absolute atomic E-state index is 0.0548. The summed E-state index contributed by atoms with van der Waals surface area (Å²) in [5, 5.41) is 6.36. The summed E-state index contributed by atoms with van der Waals surface area (Å²) in [6, 6.07) is 7.29. The smallest absolute Gasteiger partial charge is 0.315 e. The number of rotatable bonds is 4. The fourth-order valence-corrected chi connectivity index (χ4v) is 1.60. The summed E-state index contributed by atoms with van der Waals surface area (Å²) in [6.45, 7) is 6.72. The number of carbonyl (C=O) groups excluding carboxylic acids is 1. The molecule has 0 heterocycles. The minimum atomic E-state index is -0.147. The van der Waals surface area contributed by atoms with Crippen LogP contribution in [0.15, 0.2) is 24.3 Å².